The van der Waals surface area contributed by atoms with Crippen LogP contribution in [0.4, 0.5) is 0 Å². The van der Waals surface area contributed by atoms with E-state index in [1.807, 2.05) is 12.1 Å². The number of aryl methyl sites for hydroxylation is 1. The summed E-state index contributed by atoms with van der Waals surface area (Å²) < 4.78 is 5.20. The van der Waals surface area contributed by atoms with Crippen molar-refractivity contribution in [1.82, 2.24) is 4.90 Å². The van der Waals surface area contributed by atoms with Crippen LogP contribution in [0.1, 0.15) is 39.2 Å². The van der Waals surface area contributed by atoms with Gasteiger partial charge in [0.25, 0.3) is 0 Å². The van der Waals surface area contributed by atoms with Gasteiger partial charge in [-0.25, -0.2) is 0 Å². The number of nitrogens with zero attached hydrogens (tertiary/aromatic N) is 1. The number of likely N-dealkylation sites (N-methyl/N-ethyl adjacent to an activating group) is 1. The van der Waals surface area contributed by atoms with Gasteiger partial charge in [0.2, 0.25) is 0 Å². The van der Waals surface area contributed by atoms with Gasteiger partial charge in [-0.05, 0) is 57.0 Å². The van der Waals surface area contributed by atoms with Crippen molar-refractivity contribution in [3.05, 3.63) is 29.8 Å². The van der Waals surface area contributed by atoms with Gasteiger partial charge in [-0.15, -0.1) is 0 Å². The monoisotopic (exact) mass is 278 g/mol. The van der Waals surface area contributed by atoms with Crippen LogP contribution in [0.2, 0.25) is 0 Å². The van der Waals surface area contributed by atoms with Gasteiger partial charge in [-0.3, -0.25) is 4.90 Å². The Labute approximate surface area is 124 Å². The Bertz CT molecular complexity index is 377. The summed E-state index contributed by atoms with van der Waals surface area (Å²) in [6.45, 7) is 9.61. The Hall–Kier alpha value is -1.06. The van der Waals surface area contributed by atoms with E-state index in [9.17, 15) is 0 Å². The quantitative estimate of drug-likeness (QED) is 0.754. The van der Waals surface area contributed by atoms with Gasteiger partial charge in [0, 0.05) is 12.1 Å². The van der Waals surface area contributed by atoms with Crippen LogP contribution in [-0.4, -0.2) is 37.2 Å². The van der Waals surface area contributed by atoms with Crippen LogP contribution in [0.5, 0.6) is 5.75 Å². The van der Waals surface area contributed by atoms with Gasteiger partial charge in [-0.1, -0.05) is 26.0 Å². The van der Waals surface area contributed by atoms with Gasteiger partial charge in [-0.2, -0.15) is 0 Å². The summed E-state index contributed by atoms with van der Waals surface area (Å²) in [4.78, 5) is 2.51. The summed E-state index contributed by atoms with van der Waals surface area (Å²) in [7, 11) is 1.70. The highest BCUT2D eigenvalue weighted by molar-refractivity contribution is 5.27. The number of methoxy groups -OCH3 is 1. The normalized spacial score (nSPS) is 14.3. The Morgan fingerprint density at radius 2 is 1.85 bits per heavy atom. The molecule has 0 spiro atoms. The van der Waals surface area contributed by atoms with Gasteiger partial charge in [0.05, 0.1) is 7.11 Å². The first-order valence-electron chi connectivity index (χ1n) is 7.67. The summed E-state index contributed by atoms with van der Waals surface area (Å²) in [6, 6.07) is 8.34. The van der Waals surface area contributed by atoms with E-state index in [1.165, 1.54) is 12.0 Å². The zero-order valence-corrected chi connectivity index (χ0v) is 13.5. The first-order valence-corrected chi connectivity index (χ1v) is 7.67. The third-order valence-electron chi connectivity index (χ3n) is 4.19. The lowest BCUT2D eigenvalue weighted by Gasteiger charge is -2.40. The van der Waals surface area contributed by atoms with E-state index in [2.05, 4.69) is 37.8 Å². The maximum absolute atomic E-state index is 6.06. The Kier molecular flexibility index (Phi) is 7.03. The number of benzene rings is 1. The van der Waals surface area contributed by atoms with Gasteiger partial charge in [0.15, 0.2) is 0 Å². The molecule has 0 aliphatic heterocycles. The smallest absolute Gasteiger partial charge is 0.118 e. The molecule has 1 aromatic rings. The fourth-order valence-electron chi connectivity index (χ4n) is 2.67. The highest BCUT2D eigenvalue weighted by Gasteiger charge is 2.28. The van der Waals surface area contributed by atoms with Crippen LogP contribution in [0.15, 0.2) is 24.3 Å². The van der Waals surface area contributed by atoms with Crippen LogP contribution in [0.3, 0.4) is 0 Å². The molecule has 0 radical (unpaired) electrons. The van der Waals surface area contributed by atoms with E-state index in [1.54, 1.807) is 7.11 Å². The standard InChI is InChI=1S/C17H30N2O/c1-5-13-19(6-2)17(3,14-18)12-11-15-7-9-16(20-4)10-8-15/h7-10H,5-6,11-14,18H2,1-4H3. The maximum Gasteiger partial charge on any atom is 0.118 e. The minimum Gasteiger partial charge on any atom is -0.497 e. The van der Waals surface area contributed by atoms with Gasteiger partial charge >= 0.3 is 0 Å². The van der Waals surface area contributed by atoms with Crippen molar-refractivity contribution >= 4 is 0 Å². The Morgan fingerprint density at radius 1 is 1.20 bits per heavy atom. The number of nitrogens with two attached hydrogens (primary N) is 1. The molecule has 0 aliphatic rings. The highest BCUT2D eigenvalue weighted by Crippen LogP contribution is 2.22. The van der Waals surface area contributed by atoms with Crippen molar-refractivity contribution in [2.24, 2.45) is 5.73 Å². The molecule has 0 heterocycles. The fraction of sp³-hybridized carbons (Fsp3) is 0.647. The van der Waals surface area contributed by atoms with Gasteiger partial charge in [0.1, 0.15) is 5.75 Å². The lowest BCUT2D eigenvalue weighted by molar-refractivity contribution is 0.108. The first kappa shape index (κ1) is 17.0. The maximum atomic E-state index is 6.06. The molecule has 0 aliphatic carbocycles. The van der Waals surface area contributed by atoms with Crippen molar-refractivity contribution in [1.29, 1.82) is 0 Å². The van der Waals surface area contributed by atoms with E-state index < -0.39 is 0 Å². The fourth-order valence-corrected chi connectivity index (χ4v) is 2.67. The molecular formula is C17H30N2O. The van der Waals surface area contributed by atoms with Crippen molar-refractivity contribution in [3.8, 4) is 5.75 Å². The number of hydrogen-bond donors (Lipinski definition) is 1. The summed E-state index contributed by atoms with van der Waals surface area (Å²) in [6.07, 6.45) is 3.31. The predicted octanol–water partition coefficient (Wildman–Crippen LogP) is 3.08. The average Bonchev–Trinajstić information content (AvgIpc) is 2.50. The van der Waals surface area contributed by atoms with E-state index >= 15 is 0 Å². The minimum atomic E-state index is 0.0880. The van der Waals surface area contributed by atoms with Gasteiger partial charge < -0.3 is 10.5 Å². The lowest BCUT2D eigenvalue weighted by Crippen LogP contribution is -2.52. The molecular weight excluding hydrogens is 248 g/mol. The molecule has 3 nitrogen and oxygen atoms in total. The number of ether oxygens (including phenoxy) is 1. The molecule has 0 amide bonds. The Morgan fingerprint density at radius 3 is 2.30 bits per heavy atom. The van der Waals surface area contributed by atoms with E-state index in [4.69, 9.17) is 10.5 Å². The molecule has 1 atom stereocenters. The molecule has 3 heteroatoms. The molecule has 0 saturated heterocycles. The number of rotatable bonds is 9. The van der Waals surface area contributed by atoms with Crippen molar-refractivity contribution < 1.29 is 4.74 Å². The molecule has 0 fully saturated rings. The summed E-state index contributed by atoms with van der Waals surface area (Å²) >= 11 is 0. The third-order valence-corrected chi connectivity index (χ3v) is 4.19. The summed E-state index contributed by atoms with van der Waals surface area (Å²) in [5, 5.41) is 0. The van der Waals surface area contributed by atoms with Crippen LogP contribution in [-0.2, 0) is 6.42 Å². The van der Waals surface area contributed by atoms with Crippen LogP contribution < -0.4 is 10.5 Å². The number of hydrogen-bond acceptors (Lipinski definition) is 3. The average molecular weight is 278 g/mol. The molecule has 1 aromatic carbocycles. The topological polar surface area (TPSA) is 38.5 Å². The third kappa shape index (κ3) is 4.50. The summed E-state index contributed by atoms with van der Waals surface area (Å²) in [5.74, 6) is 0.913. The van der Waals surface area contributed by atoms with E-state index in [0.717, 1.165) is 31.7 Å². The predicted molar refractivity (Wildman–Crippen MR) is 86.3 cm³/mol. The first-order chi connectivity index (χ1) is 9.59. The van der Waals surface area contributed by atoms with Crippen LogP contribution >= 0.6 is 0 Å². The molecule has 1 rings (SSSR count). The molecule has 1 unspecified atom stereocenters. The van der Waals surface area contributed by atoms with E-state index in [0.29, 0.717) is 6.54 Å². The molecule has 114 valence electrons. The minimum absolute atomic E-state index is 0.0880. The van der Waals surface area contributed by atoms with E-state index in [-0.39, 0.29) is 5.54 Å². The molecule has 0 aromatic heterocycles. The SMILES string of the molecule is CCCN(CC)C(C)(CN)CCc1ccc(OC)cc1. The second-order valence-corrected chi connectivity index (χ2v) is 5.63. The summed E-state index contributed by atoms with van der Waals surface area (Å²) in [5.41, 5.74) is 7.50. The largest absolute Gasteiger partial charge is 0.497 e. The second kappa shape index (κ2) is 8.28. The Balaban J connectivity index is 2.66. The van der Waals surface area contributed by atoms with Crippen LogP contribution in [0.25, 0.3) is 0 Å². The highest BCUT2D eigenvalue weighted by atomic mass is 16.5. The zero-order valence-electron chi connectivity index (χ0n) is 13.5. The molecule has 0 bridgehead atoms. The zero-order chi connectivity index (χ0) is 15.0. The molecule has 20 heavy (non-hydrogen) atoms. The molecule has 2 N–H and O–H groups in total. The van der Waals surface area contributed by atoms with Crippen LogP contribution in [0, 0.1) is 0 Å². The molecule has 0 saturated carbocycles. The van der Waals surface area contributed by atoms with Crippen molar-refractivity contribution in [3.63, 3.8) is 0 Å². The second-order valence-electron chi connectivity index (χ2n) is 5.63. The lowest BCUT2D eigenvalue weighted by atomic mass is 9.91. The van der Waals surface area contributed by atoms with Crippen molar-refractivity contribution in [2.75, 3.05) is 26.7 Å². The van der Waals surface area contributed by atoms with Crippen molar-refractivity contribution in [2.45, 2.75) is 45.6 Å².